The van der Waals surface area contributed by atoms with E-state index in [-0.39, 0.29) is 0 Å². The van der Waals surface area contributed by atoms with Crippen LogP contribution in [-0.2, 0) is 13.5 Å². The van der Waals surface area contributed by atoms with Gasteiger partial charge in [0.15, 0.2) is 0 Å². The van der Waals surface area contributed by atoms with Gasteiger partial charge in [-0.3, -0.25) is 0 Å². The van der Waals surface area contributed by atoms with Gasteiger partial charge in [-0.2, -0.15) is 15.0 Å². The van der Waals surface area contributed by atoms with E-state index in [9.17, 15) is 0 Å². The molecule has 4 heteroatoms. The fourth-order valence-electron chi connectivity index (χ4n) is 2.00. The van der Waals surface area contributed by atoms with Crippen LogP contribution in [0.4, 0.5) is 0 Å². The van der Waals surface area contributed by atoms with Crippen LogP contribution in [0.1, 0.15) is 12.0 Å². The summed E-state index contributed by atoms with van der Waals surface area (Å²) in [5.74, 6) is 1.01. The highest BCUT2D eigenvalue weighted by molar-refractivity contribution is 5.61. The molecule has 0 spiro atoms. The molecule has 3 rings (SSSR count). The van der Waals surface area contributed by atoms with Crippen molar-refractivity contribution in [3.8, 4) is 17.0 Å². The fraction of sp³-hybridized carbons (Fsp3) is 0.333. The lowest BCUT2D eigenvalue weighted by Gasteiger charge is -2.17. The van der Waals surface area contributed by atoms with Crippen molar-refractivity contribution in [1.29, 1.82) is 0 Å². The Labute approximate surface area is 93.9 Å². The van der Waals surface area contributed by atoms with Crippen molar-refractivity contribution >= 4 is 0 Å². The summed E-state index contributed by atoms with van der Waals surface area (Å²) < 4.78 is 5.58. The lowest BCUT2D eigenvalue weighted by Crippen LogP contribution is -2.08. The quantitative estimate of drug-likeness (QED) is 0.728. The molecule has 4 nitrogen and oxygen atoms in total. The zero-order valence-corrected chi connectivity index (χ0v) is 9.18. The molecule has 0 aliphatic carbocycles. The van der Waals surface area contributed by atoms with Crippen molar-refractivity contribution in [3.05, 3.63) is 30.0 Å². The third kappa shape index (κ3) is 1.56. The van der Waals surface area contributed by atoms with E-state index in [4.69, 9.17) is 4.74 Å². The molecule has 1 aliphatic heterocycles. The Bertz CT molecular complexity index is 519. The lowest BCUT2D eigenvalue weighted by molar-refractivity contribution is 0.288. The van der Waals surface area contributed by atoms with Gasteiger partial charge in [0.2, 0.25) is 0 Å². The molecular weight excluding hydrogens is 202 g/mol. The molecule has 16 heavy (non-hydrogen) atoms. The maximum Gasteiger partial charge on any atom is 0.122 e. The van der Waals surface area contributed by atoms with Crippen LogP contribution < -0.4 is 4.74 Å². The van der Waals surface area contributed by atoms with Gasteiger partial charge >= 0.3 is 0 Å². The molecule has 1 aromatic carbocycles. The number of aryl methyl sites for hydroxylation is 2. The molecule has 0 amide bonds. The number of nitrogens with zero attached hydrogens (tertiary/aromatic N) is 3. The Morgan fingerprint density at radius 2 is 2.31 bits per heavy atom. The Hall–Kier alpha value is -1.84. The minimum atomic E-state index is 0.831. The van der Waals surface area contributed by atoms with Gasteiger partial charge in [0.1, 0.15) is 11.4 Å². The third-order valence-corrected chi connectivity index (χ3v) is 2.80. The smallest absolute Gasteiger partial charge is 0.122 e. The van der Waals surface area contributed by atoms with E-state index in [0.717, 1.165) is 36.5 Å². The van der Waals surface area contributed by atoms with Crippen LogP contribution in [0.15, 0.2) is 24.4 Å². The van der Waals surface area contributed by atoms with Gasteiger partial charge in [0.25, 0.3) is 0 Å². The fourth-order valence-corrected chi connectivity index (χ4v) is 2.00. The first kappa shape index (κ1) is 9.39. The number of benzene rings is 1. The summed E-state index contributed by atoms with van der Waals surface area (Å²) in [7, 11) is 1.82. The van der Waals surface area contributed by atoms with E-state index < -0.39 is 0 Å². The standard InChI is InChI=1S/C12H13N3O/c1-15-13-8-11(14-15)9-4-5-12-10(7-9)3-2-6-16-12/h4-5,7-8H,2-3,6H2,1H3. The summed E-state index contributed by atoms with van der Waals surface area (Å²) in [6.07, 6.45) is 3.96. The number of hydrogen-bond donors (Lipinski definition) is 0. The largest absolute Gasteiger partial charge is 0.493 e. The number of ether oxygens (including phenoxy) is 1. The zero-order valence-electron chi connectivity index (χ0n) is 9.18. The zero-order chi connectivity index (χ0) is 11.0. The molecule has 2 heterocycles. The highest BCUT2D eigenvalue weighted by Crippen LogP contribution is 2.28. The molecule has 0 saturated carbocycles. The molecule has 1 aliphatic rings. The molecule has 0 radical (unpaired) electrons. The minimum absolute atomic E-state index is 0.831. The highest BCUT2D eigenvalue weighted by Gasteiger charge is 2.12. The topological polar surface area (TPSA) is 39.9 Å². The second kappa shape index (κ2) is 3.63. The van der Waals surface area contributed by atoms with Gasteiger partial charge in [-0.1, -0.05) is 0 Å². The first-order chi connectivity index (χ1) is 7.83. The first-order valence-corrected chi connectivity index (χ1v) is 5.45. The van der Waals surface area contributed by atoms with E-state index in [0.29, 0.717) is 0 Å². The summed E-state index contributed by atoms with van der Waals surface area (Å²) >= 11 is 0. The van der Waals surface area contributed by atoms with E-state index in [2.05, 4.69) is 16.3 Å². The average Bonchev–Trinajstić information content (AvgIpc) is 2.75. The van der Waals surface area contributed by atoms with Crippen molar-refractivity contribution in [3.63, 3.8) is 0 Å². The summed E-state index contributed by atoms with van der Waals surface area (Å²) in [5, 5.41) is 8.37. The molecule has 0 N–H and O–H groups in total. The van der Waals surface area contributed by atoms with Gasteiger partial charge in [-0.05, 0) is 36.6 Å². The Morgan fingerprint density at radius 3 is 3.12 bits per heavy atom. The summed E-state index contributed by atoms with van der Waals surface area (Å²) in [5.41, 5.74) is 3.29. The van der Waals surface area contributed by atoms with Crippen LogP contribution in [0, 0.1) is 0 Å². The van der Waals surface area contributed by atoms with Gasteiger partial charge in [0.05, 0.1) is 12.8 Å². The molecule has 0 saturated heterocycles. The third-order valence-electron chi connectivity index (χ3n) is 2.80. The first-order valence-electron chi connectivity index (χ1n) is 5.45. The van der Waals surface area contributed by atoms with Crippen molar-refractivity contribution in [2.75, 3.05) is 6.61 Å². The van der Waals surface area contributed by atoms with Crippen molar-refractivity contribution in [1.82, 2.24) is 15.0 Å². The molecule has 0 fully saturated rings. The molecule has 0 bridgehead atoms. The van der Waals surface area contributed by atoms with Crippen LogP contribution in [0.25, 0.3) is 11.3 Å². The van der Waals surface area contributed by atoms with Crippen LogP contribution in [0.2, 0.25) is 0 Å². The van der Waals surface area contributed by atoms with Crippen molar-refractivity contribution in [2.45, 2.75) is 12.8 Å². The van der Waals surface area contributed by atoms with Crippen molar-refractivity contribution in [2.24, 2.45) is 7.05 Å². The second-order valence-electron chi connectivity index (χ2n) is 3.99. The summed E-state index contributed by atoms with van der Waals surface area (Å²) in [6.45, 7) is 0.831. The number of rotatable bonds is 1. The van der Waals surface area contributed by atoms with Gasteiger partial charge < -0.3 is 4.74 Å². The maximum atomic E-state index is 5.58. The van der Waals surface area contributed by atoms with Crippen LogP contribution in [0.5, 0.6) is 5.75 Å². The monoisotopic (exact) mass is 215 g/mol. The van der Waals surface area contributed by atoms with Gasteiger partial charge in [-0.25, -0.2) is 0 Å². The van der Waals surface area contributed by atoms with Crippen LogP contribution in [-0.4, -0.2) is 21.6 Å². The van der Waals surface area contributed by atoms with Crippen LogP contribution in [0.3, 0.4) is 0 Å². The SMILES string of the molecule is Cn1ncc(-c2ccc3c(c2)CCCO3)n1. The van der Waals surface area contributed by atoms with Crippen molar-refractivity contribution < 1.29 is 4.74 Å². The Morgan fingerprint density at radius 1 is 1.38 bits per heavy atom. The number of aromatic nitrogens is 3. The predicted octanol–water partition coefficient (Wildman–Crippen LogP) is 1.81. The molecule has 82 valence electrons. The van der Waals surface area contributed by atoms with E-state index in [1.165, 1.54) is 5.56 Å². The van der Waals surface area contributed by atoms with Crippen LogP contribution >= 0.6 is 0 Å². The summed E-state index contributed by atoms with van der Waals surface area (Å²) in [6, 6.07) is 6.21. The van der Waals surface area contributed by atoms with E-state index in [1.54, 1.807) is 11.0 Å². The molecule has 0 atom stereocenters. The molecular formula is C12H13N3O. The molecule has 0 unspecified atom stereocenters. The van der Waals surface area contributed by atoms with Gasteiger partial charge in [0, 0.05) is 12.6 Å². The van der Waals surface area contributed by atoms with Gasteiger partial charge in [-0.15, -0.1) is 0 Å². The minimum Gasteiger partial charge on any atom is -0.493 e. The molecule has 2 aromatic rings. The van der Waals surface area contributed by atoms with E-state index >= 15 is 0 Å². The average molecular weight is 215 g/mol. The Balaban J connectivity index is 2.02. The highest BCUT2D eigenvalue weighted by atomic mass is 16.5. The Kier molecular flexibility index (Phi) is 2.13. The number of hydrogen-bond acceptors (Lipinski definition) is 3. The normalized spacial score (nSPS) is 14.3. The summed E-state index contributed by atoms with van der Waals surface area (Å²) in [4.78, 5) is 1.57. The lowest BCUT2D eigenvalue weighted by atomic mass is 10.0. The molecule has 1 aromatic heterocycles. The predicted molar refractivity (Wildman–Crippen MR) is 60.3 cm³/mol. The number of fused-ring (bicyclic) bond motifs is 1. The maximum absolute atomic E-state index is 5.58. The second-order valence-corrected chi connectivity index (χ2v) is 3.99. The van der Waals surface area contributed by atoms with E-state index in [1.807, 2.05) is 19.2 Å².